The van der Waals surface area contributed by atoms with Gasteiger partial charge in [-0.3, -0.25) is 0 Å². The van der Waals surface area contributed by atoms with E-state index in [1.54, 1.807) is 6.07 Å². The van der Waals surface area contributed by atoms with Crippen LogP contribution in [0.4, 0.5) is 0 Å². The van der Waals surface area contributed by atoms with Crippen LogP contribution in [0.5, 0.6) is 5.75 Å². The highest BCUT2D eigenvalue weighted by Gasteiger charge is 2.16. The fraction of sp³-hybridized carbons (Fsp3) is 0.294. The number of nitrogens with one attached hydrogen (secondary N) is 1. The van der Waals surface area contributed by atoms with Gasteiger partial charge >= 0.3 is 0 Å². The van der Waals surface area contributed by atoms with E-state index in [-0.39, 0.29) is 12.1 Å². The number of hydrogen-bond acceptors (Lipinski definition) is 2. The average Bonchev–Trinajstić information content (AvgIpc) is 2.46. The van der Waals surface area contributed by atoms with E-state index in [0.717, 1.165) is 16.5 Å². The molecule has 0 aliphatic rings. The van der Waals surface area contributed by atoms with Gasteiger partial charge in [-0.1, -0.05) is 53.2 Å². The average molecular weight is 334 g/mol. The van der Waals surface area contributed by atoms with Gasteiger partial charge in [0, 0.05) is 22.1 Å². The Balaban J connectivity index is 2.14. The van der Waals surface area contributed by atoms with Crippen molar-refractivity contribution >= 4 is 15.9 Å². The van der Waals surface area contributed by atoms with Crippen molar-refractivity contribution in [2.45, 2.75) is 32.4 Å². The summed E-state index contributed by atoms with van der Waals surface area (Å²) >= 11 is 3.45. The molecule has 3 heteroatoms. The lowest BCUT2D eigenvalue weighted by atomic mass is 10.0. The van der Waals surface area contributed by atoms with Crippen molar-refractivity contribution in [3.63, 3.8) is 0 Å². The van der Waals surface area contributed by atoms with E-state index in [4.69, 9.17) is 0 Å². The normalized spacial score (nSPS) is 13.9. The summed E-state index contributed by atoms with van der Waals surface area (Å²) in [5, 5.41) is 13.6. The summed E-state index contributed by atoms with van der Waals surface area (Å²) in [6.45, 7) is 4.27. The van der Waals surface area contributed by atoms with Crippen LogP contribution in [0, 0.1) is 0 Å². The Bertz CT molecular complexity index is 553. The van der Waals surface area contributed by atoms with Crippen molar-refractivity contribution in [2.75, 3.05) is 0 Å². The third kappa shape index (κ3) is 3.62. The third-order valence-corrected chi connectivity index (χ3v) is 4.07. The molecule has 0 radical (unpaired) electrons. The standard InChI is InChI=1S/C17H20BrNO/c1-3-16(15-6-4-5-7-17(15)20)19-12(2)13-8-10-14(18)11-9-13/h4-12,16,19-20H,3H2,1-2H3/t12-,16?/m0/s1. The SMILES string of the molecule is CCC(N[C@@H](C)c1ccc(Br)cc1)c1ccccc1O. The van der Waals surface area contributed by atoms with Gasteiger partial charge in [-0.15, -0.1) is 0 Å². The zero-order valence-corrected chi connectivity index (χ0v) is 13.4. The monoisotopic (exact) mass is 333 g/mol. The second-order valence-corrected chi connectivity index (χ2v) is 5.88. The van der Waals surface area contributed by atoms with Crippen LogP contribution in [0.1, 0.15) is 43.5 Å². The van der Waals surface area contributed by atoms with E-state index in [1.807, 2.05) is 18.2 Å². The number of hydrogen-bond donors (Lipinski definition) is 2. The molecule has 1 unspecified atom stereocenters. The topological polar surface area (TPSA) is 32.3 Å². The first kappa shape index (κ1) is 15.1. The van der Waals surface area contributed by atoms with Crippen LogP contribution in [0.2, 0.25) is 0 Å². The Hall–Kier alpha value is -1.32. The first-order valence-corrected chi connectivity index (χ1v) is 7.70. The number of rotatable bonds is 5. The van der Waals surface area contributed by atoms with Gasteiger partial charge in [-0.2, -0.15) is 0 Å². The molecule has 0 amide bonds. The molecular weight excluding hydrogens is 314 g/mol. The molecule has 0 saturated heterocycles. The highest BCUT2D eigenvalue weighted by molar-refractivity contribution is 9.10. The molecule has 106 valence electrons. The largest absolute Gasteiger partial charge is 0.508 e. The number of phenolic OH excluding ortho intramolecular Hbond substituents is 1. The minimum Gasteiger partial charge on any atom is -0.508 e. The molecule has 0 aromatic heterocycles. The van der Waals surface area contributed by atoms with E-state index in [9.17, 15) is 5.11 Å². The molecule has 0 aliphatic carbocycles. The van der Waals surface area contributed by atoms with Crippen LogP contribution in [-0.2, 0) is 0 Å². The molecule has 2 nitrogen and oxygen atoms in total. The van der Waals surface area contributed by atoms with Crippen molar-refractivity contribution in [1.82, 2.24) is 5.32 Å². The number of halogens is 1. The molecule has 2 atom stereocenters. The van der Waals surface area contributed by atoms with E-state index in [2.05, 4.69) is 59.4 Å². The van der Waals surface area contributed by atoms with Gasteiger partial charge in [0.25, 0.3) is 0 Å². The highest BCUT2D eigenvalue weighted by atomic mass is 79.9. The maximum Gasteiger partial charge on any atom is 0.120 e. The summed E-state index contributed by atoms with van der Waals surface area (Å²) in [6, 6.07) is 16.2. The molecular formula is C17H20BrNO. The van der Waals surface area contributed by atoms with Gasteiger partial charge < -0.3 is 10.4 Å². The number of aromatic hydroxyl groups is 1. The maximum absolute atomic E-state index is 9.99. The molecule has 2 aromatic carbocycles. The number of benzene rings is 2. The zero-order chi connectivity index (χ0) is 14.5. The third-order valence-electron chi connectivity index (χ3n) is 3.54. The van der Waals surface area contributed by atoms with Gasteiger partial charge in [0.2, 0.25) is 0 Å². The Morgan fingerprint density at radius 1 is 1.10 bits per heavy atom. The van der Waals surface area contributed by atoms with Crippen LogP contribution in [0.25, 0.3) is 0 Å². The maximum atomic E-state index is 9.99. The Morgan fingerprint density at radius 3 is 2.35 bits per heavy atom. The van der Waals surface area contributed by atoms with Crippen LogP contribution >= 0.6 is 15.9 Å². The summed E-state index contributed by atoms with van der Waals surface area (Å²) in [5.41, 5.74) is 2.20. The first-order valence-electron chi connectivity index (χ1n) is 6.91. The van der Waals surface area contributed by atoms with E-state index >= 15 is 0 Å². The summed E-state index contributed by atoms with van der Waals surface area (Å²) in [4.78, 5) is 0. The van der Waals surface area contributed by atoms with Crippen LogP contribution in [-0.4, -0.2) is 5.11 Å². The first-order chi connectivity index (χ1) is 9.61. The second-order valence-electron chi connectivity index (χ2n) is 4.96. The second kappa shape index (κ2) is 6.91. The molecule has 0 fully saturated rings. The Kier molecular flexibility index (Phi) is 5.21. The molecule has 0 spiro atoms. The van der Waals surface area contributed by atoms with Crippen molar-refractivity contribution < 1.29 is 5.11 Å². The predicted octanol–water partition coefficient (Wildman–Crippen LogP) is 4.96. The van der Waals surface area contributed by atoms with E-state index < -0.39 is 0 Å². The highest BCUT2D eigenvalue weighted by Crippen LogP contribution is 2.28. The summed E-state index contributed by atoms with van der Waals surface area (Å²) in [6.07, 6.45) is 0.929. The molecule has 0 saturated carbocycles. The van der Waals surface area contributed by atoms with Crippen molar-refractivity contribution in [3.05, 3.63) is 64.1 Å². The minimum atomic E-state index is 0.148. The van der Waals surface area contributed by atoms with Gasteiger partial charge in [-0.25, -0.2) is 0 Å². The molecule has 0 aliphatic heterocycles. The van der Waals surface area contributed by atoms with Crippen LogP contribution < -0.4 is 5.32 Å². The minimum absolute atomic E-state index is 0.148. The summed E-state index contributed by atoms with van der Waals surface area (Å²) in [5.74, 6) is 0.356. The molecule has 2 aromatic rings. The lowest BCUT2D eigenvalue weighted by Crippen LogP contribution is -2.24. The van der Waals surface area contributed by atoms with Gasteiger partial charge in [0.1, 0.15) is 5.75 Å². The smallest absolute Gasteiger partial charge is 0.120 e. The zero-order valence-electron chi connectivity index (χ0n) is 11.8. The van der Waals surface area contributed by atoms with Crippen LogP contribution in [0.15, 0.2) is 53.0 Å². The fourth-order valence-electron chi connectivity index (χ4n) is 2.36. The van der Waals surface area contributed by atoms with Crippen molar-refractivity contribution in [2.24, 2.45) is 0 Å². The molecule has 0 heterocycles. The summed E-state index contributed by atoms with van der Waals surface area (Å²) < 4.78 is 1.08. The Labute approximate surface area is 129 Å². The fourth-order valence-corrected chi connectivity index (χ4v) is 2.62. The molecule has 0 bridgehead atoms. The quantitative estimate of drug-likeness (QED) is 0.810. The Morgan fingerprint density at radius 2 is 1.75 bits per heavy atom. The van der Waals surface area contributed by atoms with Crippen molar-refractivity contribution in [3.8, 4) is 5.75 Å². The van der Waals surface area contributed by atoms with Gasteiger partial charge in [-0.05, 0) is 37.1 Å². The van der Waals surface area contributed by atoms with E-state index in [0.29, 0.717) is 5.75 Å². The molecule has 20 heavy (non-hydrogen) atoms. The predicted molar refractivity (Wildman–Crippen MR) is 86.8 cm³/mol. The van der Waals surface area contributed by atoms with E-state index in [1.165, 1.54) is 5.56 Å². The van der Waals surface area contributed by atoms with Gasteiger partial charge in [0.05, 0.1) is 0 Å². The lowest BCUT2D eigenvalue weighted by molar-refractivity contribution is 0.419. The van der Waals surface area contributed by atoms with Crippen molar-refractivity contribution in [1.29, 1.82) is 0 Å². The van der Waals surface area contributed by atoms with Crippen LogP contribution in [0.3, 0.4) is 0 Å². The number of para-hydroxylation sites is 1. The lowest BCUT2D eigenvalue weighted by Gasteiger charge is -2.23. The number of phenols is 1. The summed E-state index contributed by atoms with van der Waals surface area (Å²) in [7, 11) is 0. The molecule has 2 rings (SSSR count). The molecule has 2 N–H and O–H groups in total. The van der Waals surface area contributed by atoms with Gasteiger partial charge in [0.15, 0.2) is 0 Å².